The molecule has 0 atom stereocenters. The third kappa shape index (κ3) is 6.09. The van der Waals surface area contributed by atoms with Crippen molar-refractivity contribution < 1.29 is 6.03 Å². The van der Waals surface area contributed by atoms with E-state index in [9.17, 15) is 0 Å². The second kappa shape index (κ2) is 15.3. The van der Waals surface area contributed by atoms with Gasteiger partial charge in [-0.3, -0.25) is 0 Å². The number of benzene rings is 9. The summed E-state index contributed by atoms with van der Waals surface area (Å²) < 4.78 is 19.5. The van der Waals surface area contributed by atoms with Gasteiger partial charge in [-0.05, 0) is 0 Å². The van der Waals surface area contributed by atoms with Crippen LogP contribution in [0.15, 0.2) is 152 Å². The van der Waals surface area contributed by atoms with Crippen LogP contribution in [0.1, 0.15) is 79.0 Å². The van der Waals surface area contributed by atoms with Crippen molar-refractivity contribution in [1.29, 1.82) is 0 Å². The fourth-order valence-electron chi connectivity index (χ4n) is 11.7. The summed E-state index contributed by atoms with van der Waals surface area (Å²) in [6, 6.07) is 55.8. The summed E-state index contributed by atoms with van der Waals surface area (Å²) in [7, 11) is 0. The standard InChI is InChI=1S/C56H52N3.C6H2Cl4O2.Sb/c1-54(2,3)40-21-27-43(28-22-40)57-48-33-38-15-10-12-19-50(38)52(36-48)58(44-29-23-41(24-30-44)55(4,5)6)46-17-14-18-47(35-46)59(45-31-25-42(26-32-45)56(7,8)9)53-37-49(57)34-39-16-11-13-20-51(39)53;7-1-2(8)4(10)6(12)5(11)3(1)9;/h10-34H,1-9H3;11-12H;/q;;+2/p-2. The molecule has 72 heavy (non-hydrogen) atoms. The Bertz CT molecular complexity index is 3620. The molecule has 5 nitrogen and oxygen atoms in total. The van der Waals surface area contributed by atoms with Gasteiger partial charge in [-0.2, -0.15) is 0 Å². The average Bonchev–Trinajstić information content (AvgIpc) is 3.71. The Morgan fingerprint density at radius 1 is 0.361 bits per heavy atom. The first-order chi connectivity index (χ1) is 34.2. The van der Waals surface area contributed by atoms with Gasteiger partial charge in [0, 0.05) is 0 Å². The molecule has 0 bridgehead atoms. The summed E-state index contributed by atoms with van der Waals surface area (Å²) in [4.78, 5) is 7.35. The van der Waals surface area contributed by atoms with Crippen LogP contribution in [0.3, 0.4) is 0 Å². The summed E-state index contributed by atoms with van der Waals surface area (Å²) in [5.41, 5.74) is 12.2. The van der Waals surface area contributed by atoms with Crippen molar-refractivity contribution in [1.82, 2.24) is 0 Å². The molecule has 0 N–H and O–H groups in total. The van der Waals surface area contributed by atoms with E-state index < -0.39 is 18.2 Å². The number of rotatable bonds is 3. The molecule has 9 aromatic carbocycles. The van der Waals surface area contributed by atoms with Gasteiger partial charge in [-0.25, -0.2) is 0 Å². The monoisotopic (exact) mass is 1130 g/mol. The molecule has 0 radical (unpaired) electrons. The first-order valence-corrected chi connectivity index (χ1v) is 31.9. The molecular formula is C62H52Cl4N3O2Sb. The van der Waals surface area contributed by atoms with Crippen molar-refractivity contribution in [3.05, 3.63) is 188 Å². The Labute approximate surface area is 443 Å². The van der Waals surface area contributed by atoms with Crippen molar-refractivity contribution >= 4 is 148 Å². The van der Waals surface area contributed by atoms with Gasteiger partial charge in [0.15, 0.2) is 0 Å². The van der Waals surface area contributed by atoms with Gasteiger partial charge in [0.2, 0.25) is 0 Å². The van der Waals surface area contributed by atoms with Crippen LogP contribution in [0.5, 0.6) is 11.5 Å². The minimum atomic E-state index is -6.43. The van der Waals surface area contributed by atoms with Gasteiger partial charge in [-0.1, -0.05) is 0 Å². The van der Waals surface area contributed by atoms with Crippen LogP contribution in [0.4, 0.5) is 51.2 Å². The van der Waals surface area contributed by atoms with E-state index in [2.05, 4.69) is 229 Å². The number of fused-ring (bicyclic) bond motifs is 5. The van der Waals surface area contributed by atoms with E-state index in [1.807, 2.05) is 0 Å². The zero-order chi connectivity index (χ0) is 50.2. The Kier molecular flexibility index (Phi) is 9.82. The summed E-state index contributed by atoms with van der Waals surface area (Å²) in [6.07, 6.45) is 0. The predicted octanol–water partition coefficient (Wildman–Crippen LogP) is 17.7. The fourth-order valence-corrected chi connectivity index (χ4v) is 29.7. The molecule has 0 fully saturated rings. The Morgan fingerprint density at radius 3 is 1.07 bits per heavy atom. The Hall–Kier alpha value is -5.52. The maximum atomic E-state index is 8.33. The van der Waals surface area contributed by atoms with Gasteiger partial charge < -0.3 is 0 Å². The normalized spacial score (nSPS) is 16.3. The molecule has 4 aliphatic heterocycles. The zero-order valence-electron chi connectivity index (χ0n) is 41.6. The molecule has 360 valence electrons. The fraction of sp³-hybridized carbons (Fsp3) is 0.194. The van der Waals surface area contributed by atoms with E-state index in [1.165, 1.54) is 16.7 Å². The first kappa shape index (κ1) is 46.3. The summed E-state index contributed by atoms with van der Waals surface area (Å²) in [5.74, 6) is 0.588. The van der Waals surface area contributed by atoms with Crippen LogP contribution in [0, 0.1) is 0 Å². The Morgan fingerprint density at radius 2 is 0.708 bits per heavy atom. The molecule has 10 heteroatoms. The molecule has 0 aromatic heterocycles. The van der Waals surface area contributed by atoms with Gasteiger partial charge in [0.25, 0.3) is 0 Å². The van der Waals surface area contributed by atoms with E-state index in [-0.39, 0.29) is 36.3 Å². The second-order valence-electron chi connectivity index (χ2n) is 22.7. The topological polar surface area (TPSA) is 28.2 Å². The Balaban J connectivity index is 1.29. The number of nitrogens with zero attached hydrogens (tertiary/aromatic N) is 3. The van der Waals surface area contributed by atoms with Gasteiger partial charge in [0.05, 0.1) is 0 Å². The number of hydrogen-bond acceptors (Lipinski definition) is 5. The molecule has 4 aliphatic rings. The van der Waals surface area contributed by atoms with Crippen molar-refractivity contribution in [2.45, 2.75) is 78.6 Å². The van der Waals surface area contributed by atoms with E-state index in [4.69, 9.17) is 52.4 Å². The zero-order valence-corrected chi connectivity index (χ0v) is 47.1. The molecular weight excluding hydrogens is 1080 g/mol. The number of halogens is 4. The van der Waals surface area contributed by atoms with E-state index in [0.717, 1.165) is 83.3 Å². The molecule has 0 aliphatic carbocycles. The minimum absolute atomic E-state index is 0.0670. The molecule has 1 spiro atoms. The van der Waals surface area contributed by atoms with Gasteiger partial charge in [0.1, 0.15) is 0 Å². The molecule has 0 saturated carbocycles. The van der Waals surface area contributed by atoms with E-state index >= 15 is 0 Å². The first-order valence-electron chi connectivity index (χ1n) is 24.5. The van der Waals surface area contributed by atoms with Crippen molar-refractivity contribution in [3.8, 4) is 11.5 Å². The molecule has 4 heterocycles. The average molecular weight is 1130 g/mol. The van der Waals surface area contributed by atoms with Crippen molar-refractivity contribution in [2.75, 3.05) is 14.7 Å². The molecule has 13 rings (SSSR count). The van der Waals surface area contributed by atoms with Gasteiger partial charge >= 0.3 is 447 Å². The summed E-state index contributed by atoms with van der Waals surface area (Å²) in [5, 5.41) is 4.75. The predicted molar refractivity (Wildman–Crippen MR) is 308 cm³/mol. The summed E-state index contributed by atoms with van der Waals surface area (Å²) in [6.45, 7) is 20.3. The van der Waals surface area contributed by atoms with Crippen molar-refractivity contribution in [3.63, 3.8) is 0 Å². The van der Waals surface area contributed by atoms with Crippen LogP contribution in [-0.4, -0.2) is 18.2 Å². The van der Waals surface area contributed by atoms with Crippen LogP contribution in [0.25, 0.3) is 21.5 Å². The molecule has 0 unspecified atom stereocenters. The maximum absolute atomic E-state index is 8.33. The third-order valence-electron chi connectivity index (χ3n) is 15.3. The molecule has 0 amide bonds. The summed E-state index contributed by atoms with van der Waals surface area (Å²) >= 11 is 22.7. The number of anilines is 9. The van der Waals surface area contributed by atoms with Crippen LogP contribution < -0.4 is 31.3 Å². The van der Waals surface area contributed by atoms with Crippen LogP contribution >= 0.6 is 46.4 Å². The number of hydrogen-bond donors (Lipinski definition) is 0. The van der Waals surface area contributed by atoms with E-state index in [0.29, 0.717) is 11.5 Å². The third-order valence-corrected chi connectivity index (χ3v) is 30.8. The second-order valence-corrected chi connectivity index (χ2v) is 34.6. The van der Waals surface area contributed by atoms with Crippen LogP contribution in [0.2, 0.25) is 20.1 Å². The van der Waals surface area contributed by atoms with Crippen molar-refractivity contribution in [2.24, 2.45) is 0 Å². The molecule has 9 aromatic rings. The van der Waals surface area contributed by atoms with E-state index in [1.54, 1.807) is 0 Å². The van der Waals surface area contributed by atoms with Crippen LogP contribution in [-0.2, 0) is 16.2 Å². The molecule has 0 saturated heterocycles. The quantitative estimate of drug-likeness (QED) is 0.0999. The van der Waals surface area contributed by atoms with Gasteiger partial charge in [-0.15, -0.1) is 0 Å². The SMILES string of the molecule is CC(C)(C)c1ccc(N2c3cc4ccccc4c4[c]3[Sb]35([O]c6c(Cl)c(Cl)c(Cl)c(Cl)c6[O]3)[c]3c(cccc3N(c3ccc(C(C)(C)C)cc3)c3[c]5c2cc2ccccc32)N4c2ccc(C(C)(C)C)cc2)cc1.